The van der Waals surface area contributed by atoms with Gasteiger partial charge in [-0.25, -0.2) is 9.59 Å². The van der Waals surface area contributed by atoms with Crippen LogP contribution in [0, 0.1) is 18.3 Å². The van der Waals surface area contributed by atoms with Crippen LogP contribution in [0.5, 0.6) is 0 Å². The van der Waals surface area contributed by atoms with Crippen LogP contribution in [0.1, 0.15) is 37.8 Å². The van der Waals surface area contributed by atoms with Crippen LogP contribution in [0.15, 0.2) is 18.2 Å². The lowest BCUT2D eigenvalue weighted by molar-refractivity contribution is -0.128. The minimum Gasteiger partial charge on any atom is -0.465 e. The Balaban J connectivity index is 3.02. The summed E-state index contributed by atoms with van der Waals surface area (Å²) in [6.07, 6.45) is 4.27. The standard InChI is InChI=1S/C23H33N5O7/c1-4-10-35-13-16-11-17(8-7-15(16)12-29)26-20(30)18(6-5-9-25-22(24)32)27-21(31)19(14(2)3)28-23(33)34/h1,7-8,11,14,18-19,28-29H,5-6,9-10,12-13H2,2-3H3,(H,26,30)(H,27,31)(H,33,34)(H3,24,25,32). The fourth-order valence-electron chi connectivity index (χ4n) is 3.16. The number of anilines is 1. The van der Waals surface area contributed by atoms with E-state index >= 15 is 0 Å². The Morgan fingerprint density at radius 3 is 2.43 bits per heavy atom. The second kappa shape index (κ2) is 15.2. The highest BCUT2D eigenvalue weighted by Gasteiger charge is 2.28. The van der Waals surface area contributed by atoms with Gasteiger partial charge in [0, 0.05) is 12.2 Å². The van der Waals surface area contributed by atoms with Crippen molar-refractivity contribution in [1.82, 2.24) is 16.0 Å². The maximum atomic E-state index is 13.0. The molecule has 0 aliphatic rings. The number of ether oxygens (including phenoxy) is 1. The number of aliphatic hydroxyl groups is 1. The lowest BCUT2D eigenvalue weighted by Gasteiger charge is -2.24. The molecular weight excluding hydrogens is 458 g/mol. The molecule has 8 N–H and O–H groups in total. The molecule has 5 amide bonds. The maximum absolute atomic E-state index is 13.0. The van der Waals surface area contributed by atoms with E-state index in [9.17, 15) is 24.3 Å². The molecule has 2 unspecified atom stereocenters. The first kappa shape index (κ1) is 29.2. The number of nitrogens with two attached hydrogens (primary N) is 1. The van der Waals surface area contributed by atoms with Crippen LogP contribution >= 0.6 is 0 Å². The number of primary amides is 1. The number of urea groups is 1. The van der Waals surface area contributed by atoms with E-state index in [1.807, 2.05) is 0 Å². The summed E-state index contributed by atoms with van der Waals surface area (Å²) >= 11 is 0. The number of hydrogen-bond acceptors (Lipinski definition) is 6. The Bertz CT molecular complexity index is 929. The second-order valence-corrected chi connectivity index (χ2v) is 7.99. The number of benzene rings is 1. The summed E-state index contributed by atoms with van der Waals surface area (Å²) in [5.74, 6) is 0.757. The number of aliphatic hydroxyl groups excluding tert-OH is 1. The number of hydrogen-bond donors (Lipinski definition) is 7. The van der Waals surface area contributed by atoms with Crippen LogP contribution in [0.25, 0.3) is 0 Å². The molecule has 0 bridgehead atoms. The molecule has 0 aliphatic heterocycles. The van der Waals surface area contributed by atoms with Gasteiger partial charge >= 0.3 is 12.1 Å². The number of carbonyl (C=O) groups excluding carboxylic acids is 3. The Hall–Kier alpha value is -3.82. The molecule has 12 heteroatoms. The molecule has 0 saturated carbocycles. The molecule has 0 radical (unpaired) electrons. The Morgan fingerprint density at radius 1 is 1.14 bits per heavy atom. The summed E-state index contributed by atoms with van der Waals surface area (Å²) in [6, 6.07) is 2.01. The Labute approximate surface area is 204 Å². The van der Waals surface area contributed by atoms with Crippen LogP contribution in [0.3, 0.4) is 0 Å². The minimum atomic E-state index is -1.37. The van der Waals surface area contributed by atoms with Crippen molar-refractivity contribution in [2.75, 3.05) is 18.5 Å². The van der Waals surface area contributed by atoms with E-state index in [1.165, 1.54) is 0 Å². The van der Waals surface area contributed by atoms with E-state index in [-0.39, 0.29) is 38.7 Å². The first-order valence-corrected chi connectivity index (χ1v) is 11.0. The van der Waals surface area contributed by atoms with Gasteiger partial charge in [0.15, 0.2) is 0 Å². The molecule has 0 saturated heterocycles. The largest absolute Gasteiger partial charge is 0.465 e. The number of nitrogens with one attached hydrogen (secondary N) is 4. The topological polar surface area (TPSA) is 192 Å². The van der Waals surface area contributed by atoms with Crippen molar-refractivity contribution < 1.29 is 34.1 Å². The molecule has 12 nitrogen and oxygen atoms in total. The van der Waals surface area contributed by atoms with Crippen molar-refractivity contribution in [2.24, 2.45) is 11.7 Å². The summed E-state index contributed by atoms with van der Waals surface area (Å²) in [6.45, 7) is 3.48. The SMILES string of the molecule is C#CCOCc1cc(NC(=O)C(CCCNC(N)=O)NC(=O)C(NC(=O)O)C(C)C)ccc1CO. The number of rotatable bonds is 14. The van der Waals surface area contributed by atoms with Gasteiger partial charge in [-0.3, -0.25) is 9.59 Å². The van der Waals surface area contributed by atoms with E-state index in [4.69, 9.17) is 22.0 Å². The predicted octanol–water partition coefficient (Wildman–Crippen LogP) is 0.493. The third-order valence-electron chi connectivity index (χ3n) is 4.92. The average Bonchev–Trinajstić information content (AvgIpc) is 2.79. The lowest BCUT2D eigenvalue weighted by Crippen LogP contribution is -2.54. The summed E-state index contributed by atoms with van der Waals surface area (Å²) in [7, 11) is 0. The van der Waals surface area contributed by atoms with Gasteiger partial charge in [-0.05, 0) is 42.0 Å². The highest BCUT2D eigenvalue weighted by atomic mass is 16.5. The molecule has 1 aromatic rings. The molecule has 0 heterocycles. The molecule has 0 fully saturated rings. The Morgan fingerprint density at radius 2 is 1.86 bits per heavy atom. The van der Waals surface area contributed by atoms with Gasteiger partial charge in [0.05, 0.1) is 13.2 Å². The lowest BCUT2D eigenvalue weighted by atomic mass is 10.0. The van der Waals surface area contributed by atoms with Crippen LogP contribution in [0.2, 0.25) is 0 Å². The summed E-state index contributed by atoms with van der Waals surface area (Å²) in [5, 5.41) is 28.4. The van der Waals surface area contributed by atoms with E-state index < -0.39 is 36.0 Å². The van der Waals surface area contributed by atoms with Crippen molar-refractivity contribution in [3.63, 3.8) is 0 Å². The first-order valence-electron chi connectivity index (χ1n) is 11.0. The normalized spacial score (nSPS) is 12.2. The van der Waals surface area contributed by atoms with Crippen molar-refractivity contribution >= 4 is 29.6 Å². The summed E-state index contributed by atoms with van der Waals surface area (Å²) in [5.41, 5.74) is 6.67. The molecular formula is C23H33N5O7. The highest BCUT2D eigenvalue weighted by molar-refractivity contribution is 5.98. The molecule has 1 rings (SSSR count). The smallest absolute Gasteiger partial charge is 0.405 e. The minimum absolute atomic E-state index is 0.0797. The van der Waals surface area contributed by atoms with E-state index in [2.05, 4.69) is 27.2 Å². The third-order valence-corrected chi connectivity index (χ3v) is 4.92. The van der Waals surface area contributed by atoms with Crippen molar-refractivity contribution in [3.05, 3.63) is 29.3 Å². The van der Waals surface area contributed by atoms with Crippen LogP contribution in [-0.4, -0.2) is 59.4 Å². The monoisotopic (exact) mass is 491 g/mol. The van der Waals surface area contributed by atoms with Crippen LogP contribution in [0.4, 0.5) is 15.3 Å². The van der Waals surface area contributed by atoms with Gasteiger partial charge in [0.25, 0.3) is 0 Å². The number of carboxylic acid groups (broad SMARTS) is 1. The molecule has 0 spiro atoms. The number of amides is 5. The first-order chi connectivity index (χ1) is 16.6. The van der Waals surface area contributed by atoms with Crippen molar-refractivity contribution in [2.45, 2.75) is 52.0 Å². The highest BCUT2D eigenvalue weighted by Crippen LogP contribution is 2.18. The zero-order valence-electron chi connectivity index (χ0n) is 19.8. The van der Waals surface area contributed by atoms with Gasteiger partial charge in [0.1, 0.15) is 18.7 Å². The third kappa shape index (κ3) is 10.8. The molecule has 0 aromatic heterocycles. The average molecular weight is 492 g/mol. The van der Waals surface area contributed by atoms with Crippen LogP contribution < -0.4 is 27.0 Å². The van der Waals surface area contributed by atoms with Gasteiger partial charge in [-0.15, -0.1) is 6.42 Å². The fourth-order valence-corrected chi connectivity index (χ4v) is 3.16. The van der Waals surface area contributed by atoms with Gasteiger partial charge in [-0.2, -0.15) is 0 Å². The summed E-state index contributed by atoms with van der Waals surface area (Å²) < 4.78 is 5.32. The predicted molar refractivity (Wildman–Crippen MR) is 128 cm³/mol. The van der Waals surface area contributed by atoms with Crippen LogP contribution in [-0.2, 0) is 27.5 Å². The molecule has 1 aromatic carbocycles. The van der Waals surface area contributed by atoms with Gasteiger partial charge < -0.3 is 42.0 Å². The van der Waals surface area contributed by atoms with E-state index in [0.717, 1.165) is 0 Å². The zero-order valence-corrected chi connectivity index (χ0v) is 19.8. The van der Waals surface area contributed by atoms with Crippen molar-refractivity contribution in [1.29, 1.82) is 0 Å². The maximum Gasteiger partial charge on any atom is 0.405 e. The molecule has 35 heavy (non-hydrogen) atoms. The number of carbonyl (C=O) groups is 4. The van der Waals surface area contributed by atoms with Crippen molar-refractivity contribution in [3.8, 4) is 12.3 Å². The quantitative estimate of drug-likeness (QED) is 0.145. The summed E-state index contributed by atoms with van der Waals surface area (Å²) in [4.78, 5) is 47.8. The molecule has 2 atom stereocenters. The zero-order chi connectivity index (χ0) is 26.4. The van der Waals surface area contributed by atoms with Gasteiger partial charge in [-0.1, -0.05) is 25.8 Å². The molecule has 192 valence electrons. The van der Waals surface area contributed by atoms with Gasteiger partial charge in [0.2, 0.25) is 11.8 Å². The molecule has 0 aliphatic carbocycles. The fraction of sp³-hybridized carbons (Fsp3) is 0.478. The van der Waals surface area contributed by atoms with E-state index in [1.54, 1.807) is 32.0 Å². The Kier molecular flexibility index (Phi) is 12.6. The van der Waals surface area contributed by atoms with E-state index in [0.29, 0.717) is 23.2 Å². The number of terminal acetylenes is 1. The second-order valence-electron chi connectivity index (χ2n) is 7.99.